The van der Waals surface area contributed by atoms with E-state index in [1.54, 1.807) is 11.9 Å². The summed E-state index contributed by atoms with van der Waals surface area (Å²) in [6, 6.07) is 3.81. The van der Waals surface area contributed by atoms with E-state index in [-0.39, 0.29) is 23.9 Å². The van der Waals surface area contributed by atoms with Gasteiger partial charge in [-0.15, -0.1) is 0 Å². The first-order valence-electron chi connectivity index (χ1n) is 6.49. The van der Waals surface area contributed by atoms with Crippen molar-refractivity contribution in [3.05, 3.63) is 35.4 Å². The van der Waals surface area contributed by atoms with Crippen LogP contribution in [0, 0.1) is 11.6 Å². The summed E-state index contributed by atoms with van der Waals surface area (Å²) in [7, 11) is 1.71. The number of likely N-dealkylation sites (N-methyl/N-ethyl adjacent to an activating group) is 1. The zero-order valence-electron chi connectivity index (χ0n) is 11.0. The Kier molecular flexibility index (Phi) is 4.47. The molecule has 1 N–H and O–H groups in total. The molecule has 0 spiro atoms. The van der Waals surface area contributed by atoms with E-state index in [1.807, 2.05) is 0 Å². The van der Waals surface area contributed by atoms with Gasteiger partial charge in [0, 0.05) is 18.7 Å². The maximum atomic E-state index is 13.5. The van der Waals surface area contributed by atoms with Crippen LogP contribution in [-0.4, -0.2) is 37.0 Å². The van der Waals surface area contributed by atoms with Crippen LogP contribution in [-0.2, 0) is 11.2 Å². The lowest BCUT2D eigenvalue weighted by Crippen LogP contribution is -2.44. The zero-order chi connectivity index (χ0) is 13.8. The van der Waals surface area contributed by atoms with E-state index < -0.39 is 11.6 Å². The summed E-state index contributed by atoms with van der Waals surface area (Å²) in [5, 5.41) is 3.22. The van der Waals surface area contributed by atoms with Gasteiger partial charge in [0.15, 0.2) is 0 Å². The van der Waals surface area contributed by atoms with Crippen LogP contribution in [0.15, 0.2) is 18.2 Å². The summed E-state index contributed by atoms with van der Waals surface area (Å²) >= 11 is 0. The van der Waals surface area contributed by atoms with Crippen molar-refractivity contribution < 1.29 is 13.6 Å². The van der Waals surface area contributed by atoms with Crippen LogP contribution in [0.5, 0.6) is 0 Å². The molecule has 5 heteroatoms. The number of amides is 1. The summed E-state index contributed by atoms with van der Waals surface area (Å²) < 4.78 is 27.0. The first kappa shape index (κ1) is 13.9. The fourth-order valence-corrected chi connectivity index (χ4v) is 2.37. The molecule has 0 bridgehead atoms. The van der Waals surface area contributed by atoms with Crippen LogP contribution in [0.25, 0.3) is 0 Å². The minimum Gasteiger partial charge on any atom is -0.342 e. The number of benzene rings is 1. The number of carbonyl (C=O) groups excluding carboxylic acids is 1. The van der Waals surface area contributed by atoms with Crippen LogP contribution < -0.4 is 5.32 Å². The van der Waals surface area contributed by atoms with Gasteiger partial charge < -0.3 is 10.2 Å². The monoisotopic (exact) mass is 268 g/mol. The average molecular weight is 268 g/mol. The molecule has 1 aliphatic rings. The fraction of sp³-hybridized carbons (Fsp3) is 0.500. The molecular weight excluding hydrogens is 250 g/mol. The molecule has 1 aromatic carbocycles. The van der Waals surface area contributed by atoms with Crippen molar-refractivity contribution in [1.82, 2.24) is 10.2 Å². The predicted octanol–water partition coefficient (Wildman–Crippen LogP) is 1.72. The predicted molar refractivity (Wildman–Crippen MR) is 68.7 cm³/mol. The molecule has 104 valence electrons. The molecule has 19 heavy (non-hydrogen) atoms. The SMILES string of the molecule is CN(C(=O)Cc1c(F)cccc1F)C1CCNCC1. The Morgan fingerprint density at radius 1 is 1.32 bits per heavy atom. The molecular formula is C14H18F2N2O. The Balaban J connectivity index is 2.04. The van der Waals surface area contributed by atoms with Crippen molar-refractivity contribution in [2.45, 2.75) is 25.3 Å². The van der Waals surface area contributed by atoms with Gasteiger partial charge in [0.25, 0.3) is 0 Å². The first-order valence-corrected chi connectivity index (χ1v) is 6.49. The molecule has 1 heterocycles. The van der Waals surface area contributed by atoms with Gasteiger partial charge >= 0.3 is 0 Å². The van der Waals surface area contributed by atoms with Crippen molar-refractivity contribution in [2.24, 2.45) is 0 Å². The summed E-state index contributed by atoms with van der Waals surface area (Å²) in [4.78, 5) is 13.7. The number of nitrogens with zero attached hydrogens (tertiary/aromatic N) is 1. The molecule has 0 aliphatic carbocycles. The summed E-state index contributed by atoms with van der Waals surface area (Å²) in [5.41, 5.74) is -0.145. The molecule has 0 radical (unpaired) electrons. The van der Waals surface area contributed by atoms with Crippen LogP contribution in [0.1, 0.15) is 18.4 Å². The number of rotatable bonds is 3. The first-order chi connectivity index (χ1) is 9.09. The van der Waals surface area contributed by atoms with Crippen LogP contribution in [0.2, 0.25) is 0 Å². The Bertz CT molecular complexity index is 439. The van der Waals surface area contributed by atoms with Gasteiger partial charge in [-0.05, 0) is 38.1 Å². The maximum absolute atomic E-state index is 13.5. The largest absolute Gasteiger partial charge is 0.342 e. The highest BCUT2D eigenvalue weighted by Gasteiger charge is 2.23. The molecule has 0 aromatic heterocycles. The highest BCUT2D eigenvalue weighted by Crippen LogP contribution is 2.16. The van der Waals surface area contributed by atoms with Crippen molar-refractivity contribution >= 4 is 5.91 Å². The van der Waals surface area contributed by atoms with E-state index in [0.29, 0.717) is 0 Å². The number of piperidine rings is 1. The van der Waals surface area contributed by atoms with E-state index >= 15 is 0 Å². The normalized spacial score (nSPS) is 16.4. The zero-order valence-corrected chi connectivity index (χ0v) is 11.0. The smallest absolute Gasteiger partial charge is 0.227 e. The van der Waals surface area contributed by atoms with E-state index in [0.717, 1.165) is 25.9 Å². The summed E-state index contributed by atoms with van der Waals surface area (Å²) in [5.74, 6) is -1.56. The van der Waals surface area contributed by atoms with Gasteiger partial charge in [-0.1, -0.05) is 6.07 Å². The molecule has 2 rings (SSSR count). The van der Waals surface area contributed by atoms with E-state index in [4.69, 9.17) is 0 Å². The molecule has 1 aromatic rings. The molecule has 1 amide bonds. The highest BCUT2D eigenvalue weighted by atomic mass is 19.1. The molecule has 1 aliphatic heterocycles. The second-order valence-electron chi connectivity index (χ2n) is 4.86. The second kappa shape index (κ2) is 6.10. The third-order valence-electron chi connectivity index (χ3n) is 3.64. The van der Waals surface area contributed by atoms with E-state index in [2.05, 4.69) is 5.32 Å². The minimum atomic E-state index is -0.660. The number of hydrogen-bond acceptors (Lipinski definition) is 2. The molecule has 0 unspecified atom stereocenters. The fourth-order valence-electron chi connectivity index (χ4n) is 2.37. The Morgan fingerprint density at radius 3 is 2.47 bits per heavy atom. The Morgan fingerprint density at radius 2 is 1.89 bits per heavy atom. The van der Waals surface area contributed by atoms with E-state index in [9.17, 15) is 13.6 Å². The summed E-state index contributed by atoms with van der Waals surface area (Å²) in [6.07, 6.45) is 1.53. The van der Waals surface area contributed by atoms with Crippen molar-refractivity contribution in [3.8, 4) is 0 Å². The lowest BCUT2D eigenvalue weighted by molar-refractivity contribution is -0.131. The number of halogens is 2. The average Bonchev–Trinajstić information content (AvgIpc) is 2.43. The third-order valence-corrected chi connectivity index (χ3v) is 3.64. The maximum Gasteiger partial charge on any atom is 0.227 e. The Labute approximate surface area is 111 Å². The number of nitrogens with one attached hydrogen (secondary N) is 1. The van der Waals surface area contributed by atoms with Crippen LogP contribution in [0.3, 0.4) is 0 Å². The summed E-state index contributed by atoms with van der Waals surface area (Å²) in [6.45, 7) is 1.74. The standard InChI is InChI=1S/C14H18F2N2O/c1-18(10-5-7-17-8-6-10)14(19)9-11-12(15)3-2-4-13(11)16/h2-4,10,17H,5-9H2,1H3. The molecule has 3 nitrogen and oxygen atoms in total. The second-order valence-corrected chi connectivity index (χ2v) is 4.86. The third kappa shape index (κ3) is 3.29. The van der Waals surface area contributed by atoms with Crippen LogP contribution >= 0.6 is 0 Å². The Hall–Kier alpha value is -1.49. The van der Waals surface area contributed by atoms with Gasteiger partial charge in [-0.25, -0.2) is 8.78 Å². The minimum absolute atomic E-state index is 0.145. The van der Waals surface area contributed by atoms with Crippen molar-refractivity contribution in [1.29, 1.82) is 0 Å². The molecule has 0 atom stereocenters. The van der Waals surface area contributed by atoms with E-state index in [1.165, 1.54) is 18.2 Å². The lowest BCUT2D eigenvalue weighted by Gasteiger charge is -2.31. The quantitative estimate of drug-likeness (QED) is 0.905. The van der Waals surface area contributed by atoms with Gasteiger partial charge in [-0.2, -0.15) is 0 Å². The van der Waals surface area contributed by atoms with Gasteiger partial charge in [-0.3, -0.25) is 4.79 Å². The number of carbonyl (C=O) groups is 1. The molecule has 0 saturated carbocycles. The van der Waals surface area contributed by atoms with Crippen molar-refractivity contribution in [3.63, 3.8) is 0 Å². The van der Waals surface area contributed by atoms with Gasteiger partial charge in [0.05, 0.1) is 6.42 Å². The van der Waals surface area contributed by atoms with Gasteiger partial charge in [0.1, 0.15) is 11.6 Å². The molecule has 1 saturated heterocycles. The van der Waals surface area contributed by atoms with Gasteiger partial charge in [0.2, 0.25) is 5.91 Å². The lowest BCUT2D eigenvalue weighted by atomic mass is 10.0. The number of hydrogen-bond donors (Lipinski definition) is 1. The van der Waals surface area contributed by atoms with Crippen molar-refractivity contribution in [2.75, 3.05) is 20.1 Å². The topological polar surface area (TPSA) is 32.3 Å². The molecule has 1 fully saturated rings. The highest BCUT2D eigenvalue weighted by molar-refractivity contribution is 5.79. The van der Waals surface area contributed by atoms with Crippen LogP contribution in [0.4, 0.5) is 8.78 Å².